The quantitative estimate of drug-likeness (QED) is 0.432. The van der Waals surface area contributed by atoms with E-state index in [1.165, 1.54) is 12.1 Å². The summed E-state index contributed by atoms with van der Waals surface area (Å²) in [4.78, 5) is 6.67. The van der Waals surface area contributed by atoms with Crippen molar-refractivity contribution in [2.75, 3.05) is 33.7 Å². The topological polar surface area (TPSA) is 39.7 Å². The Bertz CT molecular complexity index is 412. The van der Waals surface area contributed by atoms with E-state index in [1.807, 2.05) is 40.1 Å². The Balaban J connectivity index is 0.00000400. The molecule has 0 radical (unpaired) electrons. The molecule has 6 heteroatoms. The fraction of sp³-hybridized carbons (Fsp3) is 0.533. The molecule has 0 aliphatic heterocycles. The number of likely N-dealkylation sites (N-methyl/N-ethyl adjacent to an activating group) is 1. The summed E-state index contributed by atoms with van der Waals surface area (Å²) < 4.78 is 13.0. The van der Waals surface area contributed by atoms with Gasteiger partial charge in [0.1, 0.15) is 5.82 Å². The second-order valence-corrected chi connectivity index (χ2v) is 4.78. The zero-order chi connectivity index (χ0) is 15.0. The molecular formula is C15H26FIN4. The highest BCUT2D eigenvalue weighted by Crippen LogP contribution is 2.18. The molecule has 4 nitrogen and oxygen atoms in total. The lowest BCUT2D eigenvalue weighted by Crippen LogP contribution is -2.37. The minimum atomic E-state index is -0.212. The summed E-state index contributed by atoms with van der Waals surface area (Å²) in [5, 5.41) is 6.40. The smallest absolute Gasteiger partial charge is 0.191 e. The summed E-state index contributed by atoms with van der Waals surface area (Å²) in [6, 6.07) is 6.74. The minimum absolute atomic E-state index is 0. The van der Waals surface area contributed by atoms with E-state index >= 15 is 0 Å². The largest absolute Gasteiger partial charge is 0.357 e. The van der Waals surface area contributed by atoms with Crippen molar-refractivity contribution in [2.24, 2.45) is 4.99 Å². The van der Waals surface area contributed by atoms with Crippen LogP contribution in [-0.4, -0.2) is 44.6 Å². The number of aliphatic imine (C=N–C) groups is 1. The van der Waals surface area contributed by atoms with Gasteiger partial charge in [0.25, 0.3) is 0 Å². The number of nitrogens with one attached hydrogen (secondary N) is 2. The highest BCUT2D eigenvalue weighted by Gasteiger charge is 2.13. The van der Waals surface area contributed by atoms with E-state index < -0.39 is 0 Å². The van der Waals surface area contributed by atoms with Crippen LogP contribution < -0.4 is 10.6 Å². The van der Waals surface area contributed by atoms with Gasteiger partial charge in [-0.1, -0.05) is 12.1 Å². The van der Waals surface area contributed by atoms with Gasteiger partial charge in [0.2, 0.25) is 0 Å². The fourth-order valence-corrected chi connectivity index (χ4v) is 1.94. The molecule has 0 bridgehead atoms. The van der Waals surface area contributed by atoms with Gasteiger partial charge in [-0.3, -0.25) is 4.99 Å². The van der Waals surface area contributed by atoms with Crippen LogP contribution in [0.5, 0.6) is 0 Å². The third-order valence-corrected chi connectivity index (χ3v) is 2.99. The molecule has 21 heavy (non-hydrogen) atoms. The van der Waals surface area contributed by atoms with Gasteiger partial charge in [-0.25, -0.2) is 4.39 Å². The summed E-state index contributed by atoms with van der Waals surface area (Å²) >= 11 is 0. The van der Waals surface area contributed by atoms with Gasteiger partial charge in [-0.2, -0.15) is 0 Å². The Morgan fingerprint density at radius 3 is 2.10 bits per heavy atom. The first kappa shape index (κ1) is 20.1. The van der Waals surface area contributed by atoms with Gasteiger partial charge in [0.05, 0.1) is 12.6 Å². The molecule has 0 amide bonds. The van der Waals surface area contributed by atoms with Crippen LogP contribution >= 0.6 is 24.0 Å². The lowest BCUT2D eigenvalue weighted by atomic mass is 10.1. The van der Waals surface area contributed by atoms with Crippen LogP contribution in [0.2, 0.25) is 0 Å². The maximum absolute atomic E-state index is 13.0. The molecule has 0 aromatic heterocycles. The van der Waals surface area contributed by atoms with Gasteiger partial charge >= 0.3 is 0 Å². The Morgan fingerprint density at radius 2 is 1.67 bits per heavy atom. The summed E-state index contributed by atoms with van der Waals surface area (Å²) in [5.41, 5.74) is 1.06. The number of hydrogen-bond acceptors (Lipinski definition) is 2. The van der Waals surface area contributed by atoms with Crippen molar-refractivity contribution in [3.05, 3.63) is 35.6 Å². The molecule has 120 valence electrons. The molecule has 0 saturated carbocycles. The summed E-state index contributed by atoms with van der Waals surface area (Å²) in [5.74, 6) is 0.597. The molecule has 0 aliphatic rings. The molecule has 0 saturated heterocycles. The van der Waals surface area contributed by atoms with Crippen molar-refractivity contribution in [1.82, 2.24) is 15.5 Å². The van der Waals surface area contributed by atoms with E-state index in [1.54, 1.807) is 0 Å². The minimum Gasteiger partial charge on any atom is -0.357 e. The highest BCUT2D eigenvalue weighted by molar-refractivity contribution is 14.0. The second kappa shape index (κ2) is 10.8. The van der Waals surface area contributed by atoms with E-state index in [0.717, 1.165) is 24.6 Å². The van der Waals surface area contributed by atoms with Crippen LogP contribution in [0.4, 0.5) is 4.39 Å². The monoisotopic (exact) mass is 408 g/mol. The van der Waals surface area contributed by atoms with E-state index in [9.17, 15) is 4.39 Å². The SMILES string of the molecule is CCNC(=NCC(c1ccc(F)cc1)N(C)C)NCC.I. The van der Waals surface area contributed by atoms with E-state index in [4.69, 9.17) is 0 Å². The number of rotatable bonds is 6. The maximum atomic E-state index is 13.0. The average molecular weight is 408 g/mol. The van der Waals surface area contributed by atoms with Crippen molar-refractivity contribution in [1.29, 1.82) is 0 Å². The van der Waals surface area contributed by atoms with Gasteiger partial charge in [0.15, 0.2) is 5.96 Å². The number of guanidine groups is 1. The first-order valence-electron chi connectivity index (χ1n) is 7.02. The van der Waals surface area contributed by atoms with Gasteiger partial charge < -0.3 is 15.5 Å². The van der Waals surface area contributed by atoms with Crippen molar-refractivity contribution in [3.8, 4) is 0 Å². The van der Waals surface area contributed by atoms with Crippen molar-refractivity contribution in [2.45, 2.75) is 19.9 Å². The van der Waals surface area contributed by atoms with Gasteiger partial charge in [0, 0.05) is 13.1 Å². The Kier molecular flexibility index (Phi) is 10.3. The lowest BCUT2D eigenvalue weighted by molar-refractivity contribution is 0.306. The molecule has 1 rings (SSSR count). The lowest BCUT2D eigenvalue weighted by Gasteiger charge is -2.23. The number of benzene rings is 1. The maximum Gasteiger partial charge on any atom is 0.191 e. The van der Waals surface area contributed by atoms with Crippen LogP contribution in [0, 0.1) is 5.82 Å². The van der Waals surface area contributed by atoms with Crippen LogP contribution in [0.25, 0.3) is 0 Å². The van der Waals surface area contributed by atoms with Crippen LogP contribution in [0.3, 0.4) is 0 Å². The summed E-state index contributed by atoms with van der Waals surface area (Å²) in [6.07, 6.45) is 0. The first-order chi connectivity index (χ1) is 9.58. The third kappa shape index (κ3) is 7.08. The molecule has 1 aromatic carbocycles. The molecule has 0 heterocycles. The zero-order valence-corrected chi connectivity index (χ0v) is 15.5. The molecule has 0 aliphatic carbocycles. The van der Waals surface area contributed by atoms with Crippen LogP contribution in [-0.2, 0) is 0 Å². The van der Waals surface area contributed by atoms with Crippen molar-refractivity contribution >= 4 is 29.9 Å². The Morgan fingerprint density at radius 1 is 1.14 bits per heavy atom. The normalized spacial score (nSPS) is 11.5. The molecule has 1 unspecified atom stereocenters. The van der Waals surface area contributed by atoms with Crippen molar-refractivity contribution < 1.29 is 4.39 Å². The first-order valence-corrected chi connectivity index (χ1v) is 7.02. The van der Waals surface area contributed by atoms with E-state index in [-0.39, 0.29) is 35.8 Å². The van der Waals surface area contributed by atoms with Gasteiger partial charge in [-0.05, 0) is 45.6 Å². The average Bonchev–Trinajstić information content (AvgIpc) is 2.41. The van der Waals surface area contributed by atoms with Crippen molar-refractivity contribution in [3.63, 3.8) is 0 Å². The Hall–Kier alpha value is -0.890. The van der Waals surface area contributed by atoms with Crippen LogP contribution in [0.1, 0.15) is 25.5 Å². The molecular weight excluding hydrogens is 382 g/mol. The number of hydrogen-bond donors (Lipinski definition) is 2. The molecule has 1 aromatic rings. The standard InChI is InChI=1S/C15H25FN4.HI/c1-5-17-15(18-6-2)19-11-14(20(3)4)12-7-9-13(16)10-8-12;/h7-10,14H,5-6,11H2,1-4H3,(H2,17,18,19);1H. The summed E-state index contributed by atoms with van der Waals surface area (Å²) in [7, 11) is 4.01. The van der Waals surface area contributed by atoms with Crippen LogP contribution in [0.15, 0.2) is 29.3 Å². The zero-order valence-electron chi connectivity index (χ0n) is 13.2. The fourth-order valence-electron chi connectivity index (χ4n) is 1.94. The highest BCUT2D eigenvalue weighted by atomic mass is 127. The number of nitrogens with zero attached hydrogens (tertiary/aromatic N) is 2. The molecule has 0 fully saturated rings. The van der Waals surface area contributed by atoms with Gasteiger partial charge in [-0.15, -0.1) is 24.0 Å². The third-order valence-electron chi connectivity index (χ3n) is 2.99. The Labute approximate surface area is 144 Å². The predicted octanol–water partition coefficient (Wildman–Crippen LogP) is 2.62. The second-order valence-electron chi connectivity index (χ2n) is 4.78. The van der Waals surface area contributed by atoms with E-state index in [0.29, 0.717) is 6.54 Å². The number of halogens is 2. The van der Waals surface area contributed by atoms with E-state index in [2.05, 4.69) is 20.5 Å². The predicted molar refractivity (Wildman–Crippen MR) is 97.9 cm³/mol. The molecule has 2 N–H and O–H groups in total. The molecule has 1 atom stereocenters. The summed E-state index contributed by atoms with van der Waals surface area (Å²) in [6.45, 7) is 6.35. The molecule has 0 spiro atoms.